The first-order chi connectivity index (χ1) is 13.6. The summed E-state index contributed by atoms with van der Waals surface area (Å²) >= 11 is 0. The highest BCUT2D eigenvalue weighted by Crippen LogP contribution is 2.36. The van der Waals surface area contributed by atoms with Crippen molar-refractivity contribution in [2.45, 2.75) is 6.92 Å². The van der Waals surface area contributed by atoms with Gasteiger partial charge in [-0.15, -0.1) is 0 Å². The molecule has 1 heterocycles. The molecule has 0 radical (unpaired) electrons. The van der Waals surface area contributed by atoms with Gasteiger partial charge in [0.2, 0.25) is 0 Å². The molecule has 0 aliphatic rings. The van der Waals surface area contributed by atoms with Crippen LogP contribution in [0.1, 0.15) is 33.2 Å². The molecule has 0 bridgehead atoms. The van der Waals surface area contributed by atoms with E-state index in [0.29, 0.717) is 39.2 Å². The molecule has 0 atom stereocenters. The molecular weight excluding hydrogens is 352 g/mol. The molecule has 4 heteroatoms. The molecule has 0 saturated carbocycles. The highest BCUT2D eigenvalue weighted by Gasteiger charge is 2.24. The molecule has 0 aliphatic carbocycles. The highest BCUT2D eigenvalue weighted by molar-refractivity contribution is 6.20. The molecule has 0 unspecified atom stereocenters. The summed E-state index contributed by atoms with van der Waals surface area (Å²) in [5.74, 6) is 0.945. The van der Waals surface area contributed by atoms with E-state index in [0.717, 1.165) is 5.56 Å². The van der Waals surface area contributed by atoms with Crippen molar-refractivity contribution in [3.63, 3.8) is 0 Å². The Balaban J connectivity index is 1.95. The Bertz CT molecular complexity index is 1170. The largest absolute Gasteiger partial charge is 0.497 e. The van der Waals surface area contributed by atoms with Crippen molar-refractivity contribution in [2.24, 2.45) is 0 Å². The topological polar surface area (TPSA) is 56.5 Å². The zero-order chi connectivity index (χ0) is 19.7. The molecule has 0 N–H and O–H groups in total. The average Bonchev–Trinajstić information content (AvgIpc) is 3.12. The molecule has 28 heavy (non-hydrogen) atoms. The van der Waals surface area contributed by atoms with Crippen LogP contribution in [0.3, 0.4) is 0 Å². The van der Waals surface area contributed by atoms with Gasteiger partial charge in [-0.2, -0.15) is 0 Å². The first-order valence-electron chi connectivity index (χ1n) is 8.90. The fourth-order valence-corrected chi connectivity index (χ4v) is 3.22. The van der Waals surface area contributed by atoms with Crippen LogP contribution in [0.5, 0.6) is 5.75 Å². The summed E-state index contributed by atoms with van der Waals surface area (Å²) in [4.78, 5) is 25.3. The first-order valence-corrected chi connectivity index (χ1v) is 8.90. The van der Waals surface area contributed by atoms with Crippen LogP contribution in [0.2, 0.25) is 0 Å². The summed E-state index contributed by atoms with van der Waals surface area (Å²) in [7, 11) is 1.58. The lowest BCUT2D eigenvalue weighted by Crippen LogP contribution is -2.03. The van der Waals surface area contributed by atoms with Gasteiger partial charge in [-0.25, -0.2) is 0 Å². The summed E-state index contributed by atoms with van der Waals surface area (Å²) < 4.78 is 11.2. The molecule has 138 valence electrons. The van der Waals surface area contributed by atoms with Crippen molar-refractivity contribution in [1.82, 2.24) is 0 Å². The molecule has 4 aromatic rings. The highest BCUT2D eigenvalue weighted by atomic mass is 16.5. The Morgan fingerprint density at radius 3 is 2.18 bits per heavy atom. The molecule has 0 fully saturated rings. The third kappa shape index (κ3) is 3.09. The minimum absolute atomic E-state index is 0.0628. The lowest BCUT2D eigenvalue weighted by Gasteiger charge is -2.05. The van der Waals surface area contributed by atoms with Gasteiger partial charge in [0.05, 0.1) is 12.7 Å². The lowest BCUT2D eigenvalue weighted by atomic mass is 9.96. The van der Waals surface area contributed by atoms with E-state index >= 15 is 0 Å². The monoisotopic (exact) mass is 370 g/mol. The van der Waals surface area contributed by atoms with Gasteiger partial charge in [0, 0.05) is 22.1 Å². The number of furan rings is 1. The summed E-state index contributed by atoms with van der Waals surface area (Å²) in [6.45, 7) is 1.50. The van der Waals surface area contributed by atoms with Crippen LogP contribution in [0.4, 0.5) is 0 Å². The SMILES string of the molecule is COc1ccc(C(=O)c2c(-c3ccccc3)oc3ccc(C(C)=O)cc23)cc1. The van der Waals surface area contributed by atoms with Gasteiger partial charge in [-0.1, -0.05) is 30.3 Å². The van der Waals surface area contributed by atoms with Gasteiger partial charge in [0.15, 0.2) is 11.6 Å². The van der Waals surface area contributed by atoms with E-state index in [9.17, 15) is 9.59 Å². The van der Waals surface area contributed by atoms with Crippen LogP contribution < -0.4 is 4.74 Å². The number of Topliss-reactive ketones (excluding diaryl/α,β-unsaturated/α-hetero) is 1. The number of fused-ring (bicyclic) bond motifs is 1. The minimum Gasteiger partial charge on any atom is -0.497 e. The predicted molar refractivity (Wildman–Crippen MR) is 108 cm³/mol. The number of rotatable bonds is 5. The Kier molecular flexibility index (Phi) is 4.53. The van der Waals surface area contributed by atoms with Gasteiger partial charge < -0.3 is 9.15 Å². The van der Waals surface area contributed by atoms with Crippen LogP contribution in [0, 0.1) is 0 Å². The smallest absolute Gasteiger partial charge is 0.197 e. The molecule has 0 aliphatic heterocycles. The number of ketones is 2. The average molecular weight is 370 g/mol. The maximum Gasteiger partial charge on any atom is 0.197 e. The molecular formula is C24H18O4. The molecule has 0 saturated heterocycles. The van der Waals surface area contributed by atoms with Crippen molar-refractivity contribution < 1.29 is 18.7 Å². The zero-order valence-corrected chi connectivity index (χ0v) is 15.6. The minimum atomic E-state index is -0.166. The van der Waals surface area contributed by atoms with Crippen LogP contribution in [-0.4, -0.2) is 18.7 Å². The van der Waals surface area contributed by atoms with E-state index < -0.39 is 0 Å². The normalized spacial score (nSPS) is 10.8. The molecule has 3 aromatic carbocycles. The fourth-order valence-electron chi connectivity index (χ4n) is 3.22. The fraction of sp³-hybridized carbons (Fsp3) is 0.0833. The Morgan fingerprint density at radius 1 is 0.857 bits per heavy atom. The molecule has 0 spiro atoms. The van der Waals surface area contributed by atoms with E-state index in [1.807, 2.05) is 30.3 Å². The zero-order valence-electron chi connectivity index (χ0n) is 15.6. The number of carbonyl (C=O) groups is 2. The van der Waals surface area contributed by atoms with Crippen molar-refractivity contribution >= 4 is 22.5 Å². The third-order valence-electron chi connectivity index (χ3n) is 4.71. The molecule has 4 nitrogen and oxygen atoms in total. The van der Waals surface area contributed by atoms with E-state index in [1.165, 1.54) is 6.92 Å². The number of hydrogen-bond acceptors (Lipinski definition) is 4. The number of benzene rings is 3. The summed E-state index contributed by atoms with van der Waals surface area (Å²) in [5, 5.41) is 0.632. The van der Waals surface area contributed by atoms with E-state index in [1.54, 1.807) is 49.6 Å². The second-order valence-electron chi connectivity index (χ2n) is 6.50. The standard InChI is InChI=1S/C24H18O4/c1-15(25)18-10-13-21-20(14-18)22(24(28-21)17-6-4-3-5-7-17)23(26)16-8-11-19(27-2)12-9-16/h3-14H,1-2H3. The maximum atomic E-state index is 13.4. The predicted octanol–water partition coefficient (Wildman–Crippen LogP) is 5.54. The summed E-state index contributed by atoms with van der Waals surface area (Å²) in [6, 6.07) is 21.6. The van der Waals surface area contributed by atoms with Crippen LogP contribution in [0.25, 0.3) is 22.3 Å². The molecule has 4 rings (SSSR count). The van der Waals surface area contributed by atoms with Gasteiger partial charge in [-0.05, 0) is 49.4 Å². The van der Waals surface area contributed by atoms with Gasteiger partial charge in [0.1, 0.15) is 17.1 Å². The van der Waals surface area contributed by atoms with E-state index in [4.69, 9.17) is 9.15 Å². The van der Waals surface area contributed by atoms with Gasteiger partial charge in [0.25, 0.3) is 0 Å². The van der Waals surface area contributed by atoms with Crippen LogP contribution in [-0.2, 0) is 0 Å². The third-order valence-corrected chi connectivity index (χ3v) is 4.71. The summed E-state index contributed by atoms with van der Waals surface area (Å²) in [5.41, 5.74) is 2.89. The van der Waals surface area contributed by atoms with Gasteiger partial charge in [-0.3, -0.25) is 9.59 Å². The second kappa shape index (κ2) is 7.16. The Morgan fingerprint density at radius 2 is 1.54 bits per heavy atom. The van der Waals surface area contributed by atoms with E-state index in [-0.39, 0.29) is 11.6 Å². The summed E-state index contributed by atoms with van der Waals surface area (Å²) in [6.07, 6.45) is 0. The quantitative estimate of drug-likeness (QED) is 0.433. The van der Waals surface area contributed by atoms with Crippen molar-refractivity contribution in [1.29, 1.82) is 0 Å². The number of carbonyl (C=O) groups excluding carboxylic acids is 2. The lowest BCUT2D eigenvalue weighted by molar-refractivity contribution is 0.101. The van der Waals surface area contributed by atoms with Crippen LogP contribution in [0.15, 0.2) is 77.2 Å². The maximum absolute atomic E-state index is 13.4. The van der Waals surface area contributed by atoms with Gasteiger partial charge >= 0.3 is 0 Å². The number of hydrogen-bond donors (Lipinski definition) is 0. The number of ether oxygens (including phenoxy) is 1. The van der Waals surface area contributed by atoms with E-state index in [2.05, 4.69) is 0 Å². The van der Waals surface area contributed by atoms with Crippen LogP contribution >= 0.6 is 0 Å². The molecule has 0 amide bonds. The second-order valence-corrected chi connectivity index (χ2v) is 6.50. The number of methoxy groups -OCH3 is 1. The van der Waals surface area contributed by atoms with Crippen molar-refractivity contribution in [3.05, 3.63) is 89.5 Å². The van der Waals surface area contributed by atoms with Crippen molar-refractivity contribution in [2.75, 3.05) is 7.11 Å². The van der Waals surface area contributed by atoms with Crippen molar-refractivity contribution in [3.8, 4) is 17.1 Å². The first kappa shape index (κ1) is 17.7. The Hall–Kier alpha value is -3.66. The Labute approximate surface area is 162 Å². The molecule has 1 aromatic heterocycles.